The fraction of sp³-hybridized carbons (Fsp3) is 0.125. The van der Waals surface area contributed by atoms with E-state index in [4.69, 9.17) is 14.9 Å². The minimum Gasteiger partial charge on any atom is -0.478 e. The standard InChI is InChI=1S/C16H15NO4/c18-11-9-12-4-1-2-6-14(12)21-16-13(5-3-10-17-16)7-8-15(19)20/h1-8,10,18H,9,11H2,(H,19,20)/b8-7+. The van der Waals surface area contributed by atoms with Gasteiger partial charge in [0.25, 0.3) is 0 Å². The maximum atomic E-state index is 10.6. The molecule has 0 bridgehead atoms. The predicted octanol–water partition coefficient (Wildman–Crippen LogP) is 2.51. The molecule has 0 amide bonds. The summed E-state index contributed by atoms with van der Waals surface area (Å²) in [5.74, 6) is -0.124. The Balaban J connectivity index is 2.30. The highest BCUT2D eigenvalue weighted by Gasteiger charge is 2.07. The van der Waals surface area contributed by atoms with E-state index < -0.39 is 5.97 Å². The lowest BCUT2D eigenvalue weighted by molar-refractivity contribution is -0.131. The number of hydrogen-bond acceptors (Lipinski definition) is 4. The predicted molar refractivity (Wildman–Crippen MR) is 78.2 cm³/mol. The third kappa shape index (κ3) is 4.15. The number of nitrogens with zero attached hydrogens (tertiary/aromatic N) is 1. The summed E-state index contributed by atoms with van der Waals surface area (Å²) in [5.41, 5.74) is 1.43. The van der Waals surface area contributed by atoms with E-state index in [2.05, 4.69) is 4.98 Å². The number of para-hydroxylation sites is 1. The van der Waals surface area contributed by atoms with E-state index in [1.54, 1.807) is 24.4 Å². The molecule has 5 heteroatoms. The molecule has 0 unspecified atom stereocenters. The molecular formula is C16H15NO4. The molecule has 0 fully saturated rings. The van der Waals surface area contributed by atoms with Crippen molar-refractivity contribution >= 4 is 12.0 Å². The number of aliphatic carboxylic acids is 1. The molecule has 1 aromatic heterocycles. The number of carboxylic acids is 1. The molecule has 2 rings (SSSR count). The van der Waals surface area contributed by atoms with E-state index in [0.29, 0.717) is 23.6 Å². The Labute approximate surface area is 122 Å². The third-order valence-electron chi connectivity index (χ3n) is 2.77. The Hall–Kier alpha value is -2.66. The van der Waals surface area contributed by atoms with Crippen molar-refractivity contribution in [1.29, 1.82) is 0 Å². The largest absolute Gasteiger partial charge is 0.478 e. The van der Waals surface area contributed by atoms with E-state index >= 15 is 0 Å². The molecule has 0 aliphatic carbocycles. The number of aliphatic hydroxyl groups is 1. The molecule has 2 aromatic rings. The van der Waals surface area contributed by atoms with Gasteiger partial charge in [-0.25, -0.2) is 9.78 Å². The van der Waals surface area contributed by atoms with Crippen molar-refractivity contribution in [2.24, 2.45) is 0 Å². The van der Waals surface area contributed by atoms with Gasteiger partial charge in [-0.1, -0.05) is 18.2 Å². The molecule has 21 heavy (non-hydrogen) atoms. The summed E-state index contributed by atoms with van der Waals surface area (Å²) >= 11 is 0. The zero-order valence-corrected chi connectivity index (χ0v) is 11.3. The number of carbonyl (C=O) groups is 1. The van der Waals surface area contributed by atoms with Crippen LogP contribution in [0, 0.1) is 0 Å². The first-order valence-corrected chi connectivity index (χ1v) is 6.43. The van der Waals surface area contributed by atoms with Gasteiger partial charge in [0.15, 0.2) is 0 Å². The summed E-state index contributed by atoms with van der Waals surface area (Å²) < 4.78 is 5.76. The van der Waals surface area contributed by atoms with Crippen LogP contribution >= 0.6 is 0 Å². The van der Waals surface area contributed by atoms with Crippen LogP contribution in [-0.2, 0) is 11.2 Å². The monoisotopic (exact) mass is 285 g/mol. The summed E-state index contributed by atoms with van der Waals surface area (Å²) in [6, 6.07) is 10.8. The topological polar surface area (TPSA) is 79.7 Å². The van der Waals surface area contributed by atoms with Gasteiger partial charge >= 0.3 is 5.97 Å². The van der Waals surface area contributed by atoms with Gasteiger partial charge in [-0.3, -0.25) is 0 Å². The van der Waals surface area contributed by atoms with E-state index in [1.807, 2.05) is 18.2 Å². The van der Waals surface area contributed by atoms with Gasteiger partial charge in [0, 0.05) is 24.4 Å². The second-order valence-electron chi connectivity index (χ2n) is 4.25. The van der Waals surface area contributed by atoms with Gasteiger partial charge in [-0.15, -0.1) is 0 Å². The van der Waals surface area contributed by atoms with Gasteiger partial charge in [-0.05, 0) is 36.3 Å². The first kappa shape index (κ1) is 14.7. The molecule has 108 valence electrons. The van der Waals surface area contributed by atoms with Crippen molar-refractivity contribution in [3.63, 3.8) is 0 Å². The van der Waals surface area contributed by atoms with E-state index in [1.165, 1.54) is 6.08 Å². The van der Waals surface area contributed by atoms with Crippen molar-refractivity contribution < 1.29 is 19.7 Å². The van der Waals surface area contributed by atoms with Crippen LogP contribution in [0.4, 0.5) is 0 Å². The lowest BCUT2D eigenvalue weighted by atomic mass is 10.1. The second-order valence-corrected chi connectivity index (χ2v) is 4.25. The number of aliphatic hydroxyl groups excluding tert-OH is 1. The number of rotatable bonds is 6. The molecular weight excluding hydrogens is 270 g/mol. The van der Waals surface area contributed by atoms with Crippen LogP contribution in [0.15, 0.2) is 48.7 Å². The van der Waals surface area contributed by atoms with Crippen LogP contribution in [0.2, 0.25) is 0 Å². The van der Waals surface area contributed by atoms with Crippen LogP contribution in [0.5, 0.6) is 11.6 Å². The number of hydrogen-bond donors (Lipinski definition) is 2. The molecule has 0 saturated heterocycles. The fourth-order valence-corrected chi connectivity index (χ4v) is 1.81. The quantitative estimate of drug-likeness (QED) is 0.797. The zero-order chi connectivity index (χ0) is 15.1. The van der Waals surface area contributed by atoms with Crippen LogP contribution < -0.4 is 4.74 Å². The second kappa shape index (κ2) is 7.21. The smallest absolute Gasteiger partial charge is 0.328 e. The highest BCUT2D eigenvalue weighted by molar-refractivity contribution is 5.85. The minimum absolute atomic E-state index is 0.0222. The molecule has 0 aliphatic rings. The van der Waals surface area contributed by atoms with Gasteiger partial charge in [0.2, 0.25) is 5.88 Å². The Morgan fingerprint density at radius 2 is 2.05 bits per heavy atom. The maximum Gasteiger partial charge on any atom is 0.328 e. The fourth-order valence-electron chi connectivity index (χ4n) is 1.81. The molecule has 0 saturated carbocycles. The number of ether oxygens (including phenoxy) is 1. The van der Waals surface area contributed by atoms with E-state index in [0.717, 1.165) is 11.6 Å². The highest BCUT2D eigenvalue weighted by Crippen LogP contribution is 2.27. The third-order valence-corrected chi connectivity index (χ3v) is 2.77. The van der Waals surface area contributed by atoms with Crippen LogP contribution in [0.1, 0.15) is 11.1 Å². The van der Waals surface area contributed by atoms with E-state index in [-0.39, 0.29) is 6.61 Å². The maximum absolute atomic E-state index is 10.6. The molecule has 0 spiro atoms. The normalized spacial score (nSPS) is 10.7. The SMILES string of the molecule is O=C(O)/C=C/c1cccnc1Oc1ccccc1CCO. The van der Waals surface area contributed by atoms with Crippen molar-refractivity contribution in [2.75, 3.05) is 6.61 Å². The van der Waals surface area contributed by atoms with Crippen LogP contribution in [0.3, 0.4) is 0 Å². The lowest BCUT2D eigenvalue weighted by Crippen LogP contribution is -1.97. The summed E-state index contributed by atoms with van der Waals surface area (Å²) in [5, 5.41) is 17.8. The molecule has 5 nitrogen and oxygen atoms in total. The van der Waals surface area contributed by atoms with E-state index in [9.17, 15) is 4.79 Å². The average Bonchev–Trinajstić information content (AvgIpc) is 2.48. The molecule has 1 heterocycles. The number of carboxylic acid groups (broad SMARTS) is 1. The first-order valence-electron chi connectivity index (χ1n) is 6.43. The van der Waals surface area contributed by atoms with Crippen molar-refractivity contribution in [3.05, 3.63) is 59.8 Å². The number of aromatic nitrogens is 1. The van der Waals surface area contributed by atoms with Crippen molar-refractivity contribution in [1.82, 2.24) is 4.98 Å². The number of pyridine rings is 1. The lowest BCUT2D eigenvalue weighted by Gasteiger charge is -2.11. The summed E-state index contributed by atoms with van der Waals surface area (Å²) in [6.07, 6.45) is 4.51. The summed E-state index contributed by atoms with van der Waals surface area (Å²) in [6.45, 7) is 0.0222. The first-order chi connectivity index (χ1) is 10.2. The Kier molecular flexibility index (Phi) is 5.06. The van der Waals surface area contributed by atoms with Crippen molar-refractivity contribution in [3.8, 4) is 11.6 Å². The average molecular weight is 285 g/mol. The van der Waals surface area contributed by atoms with Gasteiger partial charge in [0.05, 0.1) is 0 Å². The Morgan fingerprint density at radius 1 is 1.24 bits per heavy atom. The zero-order valence-electron chi connectivity index (χ0n) is 11.3. The van der Waals surface area contributed by atoms with Crippen molar-refractivity contribution in [2.45, 2.75) is 6.42 Å². The Morgan fingerprint density at radius 3 is 2.81 bits per heavy atom. The minimum atomic E-state index is -1.04. The highest BCUT2D eigenvalue weighted by atomic mass is 16.5. The molecule has 0 radical (unpaired) electrons. The summed E-state index contributed by atoms with van der Waals surface area (Å²) in [7, 11) is 0. The number of benzene rings is 1. The molecule has 2 N–H and O–H groups in total. The molecule has 0 aliphatic heterocycles. The van der Waals surface area contributed by atoms with Crippen LogP contribution in [-0.4, -0.2) is 27.8 Å². The summed E-state index contributed by atoms with van der Waals surface area (Å²) in [4.78, 5) is 14.7. The Bertz CT molecular complexity index is 652. The van der Waals surface area contributed by atoms with Gasteiger partial charge in [-0.2, -0.15) is 0 Å². The van der Waals surface area contributed by atoms with Gasteiger partial charge < -0.3 is 14.9 Å². The van der Waals surface area contributed by atoms with Crippen LogP contribution in [0.25, 0.3) is 6.08 Å². The molecule has 1 aromatic carbocycles. The molecule has 0 atom stereocenters. The van der Waals surface area contributed by atoms with Gasteiger partial charge in [0.1, 0.15) is 5.75 Å².